The molecule has 1 aliphatic heterocycles. The molecule has 3 aromatic heterocycles. The summed E-state index contributed by atoms with van der Waals surface area (Å²) in [5.74, 6) is 0. The molecule has 2 atom stereocenters. The van der Waals surface area contributed by atoms with E-state index in [1.165, 1.54) is 4.68 Å². The molecule has 0 bridgehead atoms. The minimum atomic E-state index is -0.212. The number of hydrogen-bond acceptors (Lipinski definition) is 6. The zero-order valence-electron chi connectivity index (χ0n) is 15.6. The molecule has 0 radical (unpaired) electrons. The topological polar surface area (TPSA) is 81.9 Å². The molecule has 29 heavy (non-hydrogen) atoms. The minimum absolute atomic E-state index is 0.0845. The zero-order valence-corrected chi connectivity index (χ0v) is 15.6. The van der Waals surface area contributed by atoms with E-state index in [-0.39, 0.29) is 17.6 Å². The maximum atomic E-state index is 12.6. The van der Waals surface area contributed by atoms with E-state index in [9.17, 15) is 4.79 Å². The van der Waals surface area contributed by atoms with Gasteiger partial charge in [-0.2, -0.15) is 5.10 Å². The van der Waals surface area contributed by atoms with Gasteiger partial charge in [-0.25, -0.2) is 4.68 Å². The predicted molar refractivity (Wildman–Crippen MR) is 111 cm³/mol. The number of aromatic nitrogens is 4. The number of benzene rings is 1. The van der Waals surface area contributed by atoms with Gasteiger partial charge in [0.25, 0.3) is 5.56 Å². The van der Waals surface area contributed by atoms with Crippen molar-refractivity contribution in [2.24, 2.45) is 0 Å². The summed E-state index contributed by atoms with van der Waals surface area (Å²) in [4.78, 5) is 21.0. The van der Waals surface area contributed by atoms with Gasteiger partial charge in [-0.3, -0.25) is 14.8 Å². The van der Waals surface area contributed by atoms with Crippen LogP contribution in [0.15, 0.2) is 78.0 Å². The highest BCUT2D eigenvalue weighted by Gasteiger charge is 2.32. The van der Waals surface area contributed by atoms with Crippen LogP contribution in [-0.4, -0.2) is 39.0 Å². The fourth-order valence-corrected chi connectivity index (χ4v) is 3.68. The highest BCUT2D eigenvalue weighted by atomic mass is 16.5. The summed E-state index contributed by atoms with van der Waals surface area (Å²) >= 11 is 0. The Morgan fingerprint density at radius 2 is 1.83 bits per heavy atom. The molecular formula is C22H19N5O2. The monoisotopic (exact) mass is 385 g/mol. The fraction of sp³-hybridized carbons (Fsp3) is 0.182. The van der Waals surface area contributed by atoms with Gasteiger partial charge in [0.1, 0.15) is 6.04 Å². The van der Waals surface area contributed by atoms with Gasteiger partial charge in [0, 0.05) is 41.3 Å². The smallest absolute Gasteiger partial charge is 0.267 e. The predicted octanol–water partition coefficient (Wildman–Crippen LogP) is 2.91. The molecular weight excluding hydrogens is 366 g/mol. The number of para-hydroxylation sites is 1. The standard InChI is InChI=1S/C22H19N5O2/c28-22-6-5-17(15-7-10-23-11-8-15)26-27(22)21-14-29-13-20(21)25-19-9-12-24-18-4-2-1-3-16(18)19/h1-12,20-21H,13-14H2,(H,24,25). The van der Waals surface area contributed by atoms with Gasteiger partial charge in [-0.1, -0.05) is 18.2 Å². The number of rotatable bonds is 4. The molecule has 144 valence electrons. The number of anilines is 1. The molecule has 1 aliphatic rings. The average molecular weight is 385 g/mol. The van der Waals surface area contributed by atoms with Crippen LogP contribution >= 0.6 is 0 Å². The highest BCUT2D eigenvalue weighted by Crippen LogP contribution is 2.27. The van der Waals surface area contributed by atoms with Crippen molar-refractivity contribution >= 4 is 16.6 Å². The molecule has 1 saturated heterocycles. The van der Waals surface area contributed by atoms with E-state index in [4.69, 9.17) is 4.74 Å². The third kappa shape index (κ3) is 3.36. The Balaban J connectivity index is 1.49. The van der Waals surface area contributed by atoms with Crippen molar-refractivity contribution in [1.29, 1.82) is 0 Å². The van der Waals surface area contributed by atoms with Gasteiger partial charge in [0.2, 0.25) is 0 Å². The number of fused-ring (bicyclic) bond motifs is 1. The lowest BCUT2D eigenvalue weighted by Crippen LogP contribution is -2.37. The first-order valence-corrected chi connectivity index (χ1v) is 9.48. The van der Waals surface area contributed by atoms with Crippen molar-refractivity contribution in [3.63, 3.8) is 0 Å². The molecule has 5 rings (SSSR count). The minimum Gasteiger partial charge on any atom is -0.377 e. The maximum Gasteiger partial charge on any atom is 0.267 e. The van der Waals surface area contributed by atoms with Crippen LogP contribution in [0.3, 0.4) is 0 Å². The molecule has 0 amide bonds. The summed E-state index contributed by atoms with van der Waals surface area (Å²) < 4.78 is 7.25. The number of nitrogens with zero attached hydrogens (tertiary/aromatic N) is 4. The molecule has 1 N–H and O–H groups in total. The van der Waals surface area contributed by atoms with E-state index < -0.39 is 0 Å². The third-order valence-corrected chi connectivity index (χ3v) is 5.16. The van der Waals surface area contributed by atoms with Crippen LogP contribution in [0.4, 0.5) is 5.69 Å². The Bertz CT molecular complexity index is 1200. The molecule has 2 unspecified atom stereocenters. The van der Waals surface area contributed by atoms with Gasteiger partial charge >= 0.3 is 0 Å². The Hall–Kier alpha value is -3.58. The van der Waals surface area contributed by atoms with Gasteiger partial charge < -0.3 is 10.1 Å². The molecule has 0 spiro atoms. The zero-order chi connectivity index (χ0) is 19.6. The largest absolute Gasteiger partial charge is 0.377 e. The van der Waals surface area contributed by atoms with Crippen molar-refractivity contribution in [3.8, 4) is 11.3 Å². The van der Waals surface area contributed by atoms with Crippen LogP contribution < -0.4 is 10.9 Å². The molecule has 7 heteroatoms. The molecule has 4 heterocycles. The van der Waals surface area contributed by atoms with E-state index in [1.54, 1.807) is 30.7 Å². The quantitative estimate of drug-likeness (QED) is 0.582. The van der Waals surface area contributed by atoms with Crippen LogP contribution in [0.5, 0.6) is 0 Å². The van der Waals surface area contributed by atoms with E-state index in [0.29, 0.717) is 13.2 Å². The van der Waals surface area contributed by atoms with Crippen LogP contribution in [0.25, 0.3) is 22.2 Å². The lowest BCUT2D eigenvalue weighted by atomic mass is 10.1. The van der Waals surface area contributed by atoms with Crippen molar-refractivity contribution in [3.05, 3.63) is 83.5 Å². The second-order valence-electron chi connectivity index (χ2n) is 6.97. The molecule has 0 saturated carbocycles. The van der Waals surface area contributed by atoms with Crippen LogP contribution in [0.2, 0.25) is 0 Å². The first-order valence-electron chi connectivity index (χ1n) is 9.48. The molecule has 1 aromatic carbocycles. The van der Waals surface area contributed by atoms with Crippen molar-refractivity contribution in [1.82, 2.24) is 19.7 Å². The second-order valence-corrected chi connectivity index (χ2v) is 6.97. The lowest BCUT2D eigenvalue weighted by Gasteiger charge is -2.22. The van der Waals surface area contributed by atoms with E-state index in [2.05, 4.69) is 20.4 Å². The van der Waals surface area contributed by atoms with Crippen molar-refractivity contribution in [2.45, 2.75) is 12.1 Å². The first-order chi connectivity index (χ1) is 14.3. The van der Waals surface area contributed by atoms with Crippen LogP contribution in [-0.2, 0) is 4.74 Å². The molecule has 4 aromatic rings. The number of nitrogens with one attached hydrogen (secondary N) is 1. The third-order valence-electron chi connectivity index (χ3n) is 5.16. The SMILES string of the molecule is O=c1ccc(-c2ccncc2)nn1C1COCC1Nc1ccnc2ccccc12. The lowest BCUT2D eigenvalue weighted by molar-refractivity contribution is 0.183. The normalized spacial score (nSPS) is 18.8. The Morgan fingerprint density at radius 1 is 0.966 bits per heavy atom. The van der Waals surface area contributed by atoms with Gasteiger partial charge in [0.05, 0.1) is 30.5 Å². The van der Waals surface area contributed by atoms with Crippen LogP contribution in [0.1, 0.15) is 6.04 Å². The summed E-state index contributed by atoms with van der Waals surface area (Å²) in [6.45, 7) is 0.919. The Kier molecular flexibility index (Phi) is 4.50. The fourth-order valence-electron chi connectivity index (χ4n) is 3.68. The van der Waals surface area contributed by atoms with Crippen LogP contribution in [0, 0.1) is 0 Å². The van der Waals surface area contributed by atoms with Crippen molar-refractivity contribution < 1.29 is 4.74 Å². The van der Waals surface area contributed by atoms with Gasteiger partial charge in [0.15, 0.2) is 0 Å². The second kappa shape index (κ2) is 7.44. The van der Waals surface area contributed by atoms with E-state index >= 15 is 0 Å². The Labute approximate surface area is 167 Å². The van der Waals surface area contributed by atoms with Crippen molar-refractivity contribution in [2.75, 3.05) is 18.5 Å². The summed E-state index contributed by atoms with van der Waals surface area (Å²) in [6.07, 6.45) is 5.21. The summed E-state index contributed by atoms with van der Waals surface area (Å²) in [5, 5.41) is 9.20. The van der Waals surface area contributed by atoms with Gasteiger partial charge in [-0.15, -0.1) is 0 Å². The number of ether oxygens (including phenoxy) is 1. The Morgan fingerprint density at radius 3 is 2.72 bits per heavy atom. The summed E-state index contributed by atoms with van der Waals surface area (Å²) in [5.41, 5.74) is 3.38. The molecule has 7 nitrogen and oxygen atoms in total. The van der Waals surface area contributed by atoms with E-state index in [1.807, 2.05) is 42.5 Å². The summed E-state index contributed by atoms with van der Waals surface area (Å²) in [7, 11) is 0. The molecule has 1 fully saturated rings. The summed E-state index contributed by atoms with van der Waals surface area (Å²) in [6, 6.07) is 16.7. The van der Waals surface area contributed by atoms with Gasteiger partial charge in [-0.05, 0) is 30.3 Å². The van der Waals surface area contributed by atoms with E-state index in [0.717, 1.165) is 27.8 Å². The first kappa shape index (κ1) is 17.5. The highest BCUT2D eigenvalue weighted by molar-refractivity contribution is 5.91. The average Bonchev–Trinajstić information content (AvgIpc) is 3.23. The number of pyridine rings is 2. The molecule has 0 aliphatic carbocycles. The maximum absolute atomic E-state index is 12.6. The number of hydrogen-bond donors (Lipinski definition) is 1.